The monoisotopic (exact) mass is 228 g/mol. The van der Waals surface area contributed by atoms with Gasteiger partial charge in [-0.05, 0) is 37.5 Å². The lowest BCUT2D eigenvalue weighted by Crippen LogP contribution is -2.08. The summed E-state index contributed by atoms with van der Waals surface area (Å²) in [5, 5.41) is 9.32. The zero-order valence-electron chi connectivity index (χ0n) is 10.0. The molecule has 0 spiro atoms. The van der Waals surface area contributed by atoms with Crippen LogP contribution in [0, 0.1) is 12.7 Å². The zero-order valence-corrected chi connectivity index (χ0v) is 10.0. The molecule has 0 aliphatic carbocycles. The molecule has 1 rings (SSSR count). The van der Waals surface area contributed by atoms with Crippen molar-refractivity contribution in [1.29, 1.82) is 0 Å². The summed E-state index contributed by atoms with van der Waals surface area (Å²) in [6.07, 6.45) is -0.125. The van der Waals surface area contributed by atoms with Crippen molar-refractivity contribution in [2.24, 2.45) is 0 Å². The van der Waals surface area contributed by atoms with E-state index in [1.165, 1.54) is 20.3 Å². The van der Waals surface area contributed by atoms with Crippen LogP contribution < -0.4 is 9.47 Å². The second-order valence-corrected chi connectivity index (χ2v) is 3.76. The van der Waals surface area contributed by atoms with E-state index < -0.39 is 11.9 Å². The van der Waals surface area contributed by atoms with E-state index in [1.54, 1.807) is 6.92 Å². The minimum absolute atomic E-state index is 0.106. The number of benzene rings is 1. The number of methoxy groups -OCH3 is 2. The molecule has 0 saturated heterocycles. The van der Waals surface area contributed by atoms with Crippen molar-refractivity contribution in [1.82, 2.24) is 0 Å². The molecule has 90 valence electrons. The van der Waals surface area contributed by atoms with Crippen LogP contribution in [0.2, 0.25) is 0 Å². The Hall–Kier alpha value is -1.29. The van der Waals surface area contributed by atoms with Gasteiger partial charge < -0.3 is 14.6 Å². The van der Waals surface area contributed by atoms with Crippen molar-refractivity contribution in [3.63, 3.8) is 0 Å². The molecule has 0 amide bonds. The number of rotatable bonds is 4. The molecule has 1 N–H and O–H groups in total. The lowest BCUT2D eigenvalue weighted by molar-refractivity contribution is 0.195. The molecule has 0 aliphatic rings. The maximum atomic E-state index is 13.6. The standard InChI is InChI=1S/C12H17FO3/c1-7(14)5-9-6-10(13)12(16-4)11(15-3)8(9)2/h6-7,14H,5H2,1-4H3. The van der Waals surface area contributed by atoms with Crippen LogP contribution in [-0.4, -0.2) is 25.4 Å². The lowest BCUT2D eigenvalue weighted by Gasteiger charge is -2.16. The van der Waals surface area contributed by atoms with E-state index in [0.29, 0.717) is 12.2 Å². The van der Waals surface area contributed by atoms with Crippen LogP contribution in [0.3, 0.4) is 0 Å². The van der Waals surface area contributed by atoms with Crippen molar-refractivity contribution < 1.29 is 19.0 Å². The van der Waals surface area contributed by atoms with Gasteiger partial charge in [-0.15, -0.1) is 0 Å². The number of aliphatic hydroxyl groups is 1. The SMILES string of the molecule is COc1c(F)cc(CC(C)O)c(C)c1OC. The average Bonchev–Trinajstić information content (AvgIpc) is 2.21. The molecule has 0 bridgehead atoms. The molecule has 0 aliphatic heterocycles. The van der Waals surface area contributed by atoms with Crippen LogP contribution in [-0.2, 0) is 6.42 Å². The number of hydrogen-bond acceptors (Lipinski definition) is 3. The van der Waals surface area contributed by atoms with Crippen molar-refractivity contribution in [2.75, 3.05) is 14.2 Å². The topological polar surface area (TPSA) is 38.7 Å². The Morgan fingerprint density at radius 1 is 1.31 bits per heavy atom. The summed E-state index contributed by atoms with van der Waals surface area (Å²) in [6, 6.07) is 1.38. The van der Waals surface area contributed by atoms with Crippen molar-refractivity contribution >= 4 is 0 Å². The van der Waals surface area contributed by atoms with Gasteiger partial charge in [0.2, 0.25) is 0 Å². The lowest BCUT2D eigenvalue weighted by atomic mass is 10.0. The van der Waals surface area contributed by atoms with Gasteiger partial charge in [0.15, 0.2) is 17.3 Å². The summed E-state index contributed by atoms with van der Waals surface area (Å²) >= 11 is 0. The smallest absolute Gasteiger partial charge is 0.197 e. The predicted octanol–water partition coefficient (Wildman–Crippen LogP) is 2.07. The van der Waals surface area contributed by atoms with E-state index >= 15 is 0 Å². The molecule has 1 unspecified atom stereocenters. The second-order valence-electron chi connectivity index (χ2n) is 3.76. The Bertz CT molecular complexity index is 375. The molecule has 0 saturated carbocycles. The molecule has 4 heteroatoms. The van der Waals surface area contributed by atoms with Crippen molar-refractivity contribution in [2.45, 2.75) is 26.4 Å². The van der Waals surface area contributed by atoms with E-state index in [1.807, 2.05) is 6.92 Å². The van der Waals surface area contributed by atoms with Gasteiger partial charge in [0.1, 0.15) is 0 Å². The fourth-order valence-corrected chi connectivity index (χ4v) is 1.72. The quantitative estimate of drug-likeness (QED) is 0.857. The molecule has 3 nitrogen and oxygen atoms in total. The Morgan fingerprint density at radius 3 is 2.31 bits per heavy atom. The molecule has 16 heavy (non-hydrogen) atoms. The predicted molar refractivity (Wildman–Crippen MR) is 59.6 cm³/mol. The third-order valence-electron chi connectivity index (χ3n) is 2.47. The zero-order chi connectivity index (χ0) is 12.3. The van der Waals surface area contributed by atoms with E-state index in [4.69, 9.17) is 9.47 Å². The second kappa shape index (κ2) is 5.16. The van der Waals surface area contributed by atoms with Gasteiger partial charge in [-0.25, -0.2) is 4.39 Å². The minimum Gasteiger partial charge on any atom is -0.492 e. The third kappa shape index (κ3) is 2.44. The molecule has 0 aromatic heterocycles. The van der Waals surface area contributed by atoms with Crippen molar-refractivity contribution in [3.05, 3.63) is 23.0 Å². The molecule has 1 aromatic carbocycles. The van der Waals surface area contributed by atoms with Gasteiger partial charge in [-0.2, -0.15) is 0 Å². The largest absolute Gasteiger partial charge is 0.492 e. The highest BCUT2D eigenvalue weighted by Crippen LogP contribution is 2.36. The first kappa shape index (κ1) is 12.8. The van der Waals surface area contributed by atoms with Gasteiger partial charge in [0.05, 0.1) is 20.3 Å². The highest BCUT2D eigenvalue weighted by Gasteiger charge is 2.17. The summed E-state index contributed by atoms with van der Waals surface area (Å²) in [5.74, 6) is 0.0214. The van der Waals surface area contributed by atoms with E-state index in [2.05, 4.69) is 0 Å². The van der Waals surface area contributed by atoms with Crippen molar-refractivity contribution in [3.8, 4) is 11.5 Å². The number of halogens is 1. The normalized spacial score (nSPS) is 12.4. The third-order valence-corrected chi connectivity index (χ3v) is 2.47. The first-order valence-corrected chi connectivity index (χ1v) is 5.09. The average molecular weight is 228 g/mol. The van der Waals surface area contributed by atoms with Gasteiger partial charge in [0, 0.05) is 0 Å². The van der Waals surface area contributed by atoms with Crippen LogP contribution in [0.15, 0.2) is 6.07 Å². The van der Waals surface area contributed by atoms with Gasteiger partial charge in [-0.1, -0.05) is 0 Å². The first-order valence-electron chi connectivity index (χ1n) is 5.09. The molecule has 0 radical (unpaired) electrons. The van der Waals surface area contributed by atoms with E-state index in [0.717, 1.165) is 11.1 Å². The molecular weight excluding hydrogens is 211 g/mol. The summed E-state index contributed by atoms with van der Waals surface area (Å²) in [7, 11) is 2.87. The Kier molecular flexibility index (Phi) is 4.12. The number of ether oxygens (including phenoxy) is 2. The maximum absolute atomic E-state index is 13.6. The summed E-state index contributed by atoms with van der Waals surface area (Å²) in [6.45, 7) is 3.48. The molecular formula is C12H17FO3. The van der Waals surface area contributed by atoms with Crippen LogP contribution in [0.1, 0.15) is 18.1 Å². The maximum Gasteiger partial charge on any atom is 0.197 e. The number of hydrogen-bond donors (Lipinski definition) is 1. The molecule has 1 aromatic rings. The van der Waals surface area contributed by atoms with Gasteiger partial charge >= 0.3 is 0 Å². The highest BCUT2D eigenvalue weighted by molar-refractivity contribution is 5.51. The van der Waals surface area contributed by atoms with Crippen LogP contribution in [0.5, 0.6) is 11.5 Å². The molecule has 0 fully saturated rings. The van der Waals surface area contributed by atoms with E-state index in [9.17, 15) is 9.50 Å². The summed E-state index contributed by atoms with van der Waals surface area (Å²) in [4.78, 5) is 0. The Labute approximate surface area is 94.8 Å². The van der Waals surface area contributed by atoms with E-state index in [-0.39, 0.29) is 5.75 Å². The van der Waals surface area contributed by atoms with Gasteiger partial charge in [0.25, 0.3) is 0 Å². The fourth-order valence-electron chi connectivity index (χ4n) is 1.72. The Morgan fingerprint density at radius 2 is 1.88 bits per heavy atom. The van der Waals surface area contributed by atoms with Crippen LogP contribution in [0.4, 0.5) is 4.39 Å². The summed E-state index contributed by atoms with van der Waals surface area (Å²) in [5.41, 5.74) is 1.52. The summed E-state index contributed by atoms with van der Waals surface area (Å²) < 4.78 is 23.7. The van der Waals surface area contributed by atoms with Crippen LogP contribution in [0.25, 0.3) is 0 Å². The Balaban J connectivity index is 3.28. The minimum atomic E-state index is -0.517. The highest BCUT2D eigenvalue weighted by atomic mass is 19.1. The number of aliphatic hydroxyl groups excluding tert-OH is 1. The van der Waals surface area contributed by atoms with Gasteiger partial charge in [-0.3, -0.25) is 0 Å². The molecule has 0 heterocycles. The first-order chi connectivity index (χ1) is 7.51. The fraction of sp³-hybridized carbons (Fsp3) is 0.500. The van der Waals surface area contributed by atoms with Crippen LogP contribution >= 0.6 is 0 Å². The molecule has 1 atom stereocenters.